The van der Waals surface area contributed by atoms with Crippen LogP contribution in [-0.4, -0.2) is 15.0 Å². The molecule has 0 aliphatic carbocycles. The smallest absolute Gasteiger partial charge is 0.164 e. The van der Waals surface area contributed by atoms with E-state index in [0.717, 1.165) is 77.9 Å². The number of hydrogen-bond acceptors (Lipinski definition) is 5. The van der Waals surface area contributed by atoms with E-state index in [0.29, 0.717) is 17.5 Å². The average Bonchev–Trinajstić information content (AvgIpc) is 3.76. The Morgan fingerprint density at radius 3 is 1.16 bits per heavy atom. The zero-order valence-electron chi connectivity index (χ0n) is 33.6. The first kappa shape index (κ1) is 36.7. The Hall–Kier alpha value is -8.41. The molecule has 11 rings (SSSR count). The highest BCUT2D eigenvalue weighted by Gasteiger charge is 2.23. The average molecular weight is 795 g/mol. The van der Waals surface area contributed by atoms with Gasteiger partial charge in [-0.05, 0) is 70.3 Å². The maximum atomic E-state index is 6.84. The highest BCUT2D eigenvalue weighted by Crippen LogP contribution is 2.46. The molecule has 0 aliphatic rings. The minimum atomic E-state index is 0.612. The van der Waals surface area contributed by atoms with E-state index >= 15 is 0 Å². The van der Waals surface area contributed by atoms with Crippen molar-refractivity contribution in [1.82, 2.24) is 15.0 Å². The van der Waals surface area contributed by atoms with Crippen molar-refractivity contribution in [2.75, 3.05) is 4.90 Å². The fourth-order valence-corrected chi connectivity index (χ4v) is 8.26. The Balaban J connectivity index is 1.03. The summed E-state index contributed by atoms with van der Waals surface area (Å²) in [5.74, 6) is 1.87. The molecule has 2 aromatic heterocycles. The Bertz CT molecular complexity index is 3160. The van der Waals surface area contributed by atoms with Crippen molar-refractivity contribution < 1.29 is 4.42 Å². The minimum absolute atomic E-state index is 0.612. The molecule has 11 aromatic rings. The summed E-state index contributed by atoms with van der Waals surface area (Å²) in [6.45, 7) is 0. The van der Waals surface area contributed by atoms with Gasteiger partial charge < -0.3 is 9.32 Å². The molecule has 62 heavy (non-hydrogen) atoms. The number of hydrogen-bond donors (Lipinski definition) is 0. The lowest BCUT2D eigenvalue weighted by molar-refractivity contribution is 0.670. The van der Waals surface area contributed by atoms with Gasteiger partial charge in [0.25, 0.3) is 0 Å². The van der Waals surface area contributed by atoms with E-state index in [9.17, 15) is 0 Å². The van der Waals surface area contributed by atoms with Crippen LogP contribution < -0.4 is 4.90 Å². The summed E-state index contributed by atoms with van der Waals surface area (Å²) in [6.07, 6.45) is 0. The van der Waals surface area contributed by atoms with Crippen molar-refractivity contribution >= 4 is 39.0 Å². The molecule has 0 N–H and O–H groups in total. The molecule has 2 heterocycles. The summed E-state index contributed by atoms with van der Waals surface area (Å²) in [5.41, 5.74) is 14.2. The zero-order chi connectivity index (χ0) is 41.2. The first-order chi connectivity index (χ1) is 30.7. The van der Waals surface area contributed by atoms with Crippen LogP contribution in [0.25, 0.3) is 89.5 Å². The number of rotatable bonds is 9. The van der Waals surface area contributed by atoms with Crippen molar-refractivity contribution in [2.45, 2.75) is 0 Å². The van der Waals surface area contributed by atoms with E-state index in [1.54, 1.807) is 0 Å². The van der Waals surface area contributed by atoms with Gasteiger partial charge in [0, 0.05) is 39.0 Å². The number of furan rings is 1. The topological polar surface area (TPSA) is 55.1 Å². The number of nitrogens with zero attached hydrogens (tertiary/aromatic N) is 4. The number of anilines is 3. The normalized spacial score (nSPS) is 11.2. The van der Waals surface area contributed by atoms with Gasteiger partial charge in [0.05, 0.1) is 11.1 Å². The zero-order valence-corrected chi connectivity index (χ0v) is 33.6. The predicted molar refractivity (Wildman–Crippen MR) is 254 cm³/mol. The molecule has 292 valence electrons. The number of benzene rings is 9. The summed E-state index contributed by atoms with van der Waals surface area (Å²) in [7, 11) is 0. The van der Waals surface area contributed by atoms with Crippen molar-refractivity contribution in [2.24, 2.45) is 0 Å². The molecule has 0 spiro atoms. The van der Waals surface area contributed by atoms with Crippen LogP contribution in [0.2, 0.25) is 0 Å². The summed E-state index contributed by atoms with van der Waals surface area (Å²) < 4.78 is 6.84. The van der Waals surface area contributed by atoms with Crippen LogP contribution in [0, 0.1) is 0 Å². The van der Waals surface area contributed by atoms with E-state index in [-0.39, 0.29) is 0 Å². The third kappa shape index (κ3) is 6.97. The third-order valence-electron chi connectivity index (χ3n) is 11.4. The van der Waals surface area contributed by atoms with Crippen molar-refractivity contribution in [1.29, 1.82) is 0 Å². The molecule has 0 aliphatic heterocycles. The first-order valence-corrected chi connectivity index (χ1v) is 20.8. The van der Waals surface area contributed by atoms with Crippen LogP contribution in [0.5, 0.6) is 0 Å². The van der Waals surface area contributed by atoms with Crippen molar-refractivity contribution in [3.8, 4) is 67.5 Å². The monoisotopic (exact) mass is 794 g/mol. The van der Waals surface area contributed by atoms with Gasteiger partial charge in [-0.2, -0.15) is 0 Å². The molecule has 5 nitrogen and oxygen atoms in total. The molecule has 0 amide bonds. The van der Waals surface area contributed by atoms with Gasteiger partial charge in [-0.25, -0.2) is 15.0 Å². The lowest BCUT2D eigenvalue weighted by Gasteiger charge is -2.27. The standard InChI is InChI=1S/C57H38N4O/c1-5-15-39(16-6-1)41-29-33-47(34-30-41)61(48-35-31-42(32-36-48)40-17-7-2-8-18-40)51-38-37-49(54-53(51)50-23-13-14-24-52(50)62-54)43-25-27-46(28-26-43)57-59-55(44-19-9-3-10-20-44)58-56(60-57)45-21-11-4-12-22-45/h1-38H. The molecule has 0 saturated carbocycles. The second kappa shape index (κ2) is 16.0. The largest absolute Gasteiger partial charge is 0.455 e. The predicted octanol–water partition coefficient (Wildman–Crippen LogP) is 15.2. The molecule has 0 fully saturated rings. The highest BCUT2D eigenvalue weighted by atomic mass is 16.3. The maximum Gasteiger partial charge on any atom is 0.164 e. The first-order valence-electron chi connectivity index (χ1n) is 20.8. The van der Waals surface area contributed by atoms with Gasteiger partial charge in [0.15, 0.2) is 17.5 Å². The molecule has 0 unspecified atom stereocenters. The SMILES string of the molecule is c1ccc(-c2ccc(N(c3ccc(-c4ccccc4)cc3)c3ccc(-c4ccc(-c5nc(-c6ccccc6)nc(-c6ccccc6)n5)cc4)c4oc5ccccc5c34)cc2)cc1. The Kier molecular flexibility index (Phi) is 9.45. The van der Waals surface area contributed by atoms with E-state index in [1.807, 2.05) is 66.7 Å². The van der Waals surface area contributed by atoms with Crippen LogP contribution in [-0.2, 0) is 0 Å². The van der Waals surface area contributed by atoms with Gasteiger partial charge in [-0.1, -0.05) is 188 Å². The van der Waals surface area contributed by atoms with E-state index in [2.05, 4.69) is 169 Å². The van der Waals surface area contributed by atoms with Crippen molar-refractivity contribution in [3.63, 3.8) is 0 Å². The van der Waals surface area contributed by atoms with Crippen molar-refractivity contribution in [3.05, 3.63) is 231 Å². The number of aromatic nitrogens is 3. The van der Waals surface area contributed by atoms with Crippen LogP contribution in [0.4, 0.5) is 17.1 Å². The summed E-state index contributed by atoms with van der Waals surface area (Å²) in [5, 5.41) is 2.09. The van der Waals surface area contributed by atoms with E-state index < -0.39 is 0 Å². The Morgan fingerprint density at radius 2 is 0.677 bits per heavy atom. The van der Waals surface area contributed by atoms with Crippen LogP contribution in [0.1, 0.15) is 0 Å². The fourth-order valence-electron chi connectivity index (χ4n) is 8.26. The highest BCUT2D eigenvalue weighted by molar-refractivity contribution is 6.17. The van der Waals surface area contributed by atoms with Crippen LogP contribution in [0.15, 0.2) is 235 Å². The molecule has 0 bridgehead atoms. The van der Waals surface area contributed by atoms with Gasteiger partial charge in [0.2, 0.25) is 0 Å². The lowest BCUT2D eigenvalue weighted by Crippen LogP contribution is -2.10. The second-order valence-corrected chi connectivity index (χ2v) is 15.2. The summed E-state index contributed by atoms with van der Waals surface area (Å²) >= 11 is 0. The third-order valence-corrected chi connectivity index (χ3v) is 11.4. The quantitative estimate of drug-likeness (QED) is 0.146. The Morgan fingerprint density at radius 1 is 0.306 bits per heavy atom. The Labute approximate surface area is 359 Å². The maximum absolute atomic E-state index is 6.84. The van der Waals surface area contributed by atoms with Gasteiger partial charge in [0.1, 0.15) is 11.2 Å². The van der Waals surface area contributed by atoms with Gasteiger partial charge >= 0.3 is 0 Å². The molecular formula is C57H38N4O. The molecule has 0 saturated heterocycles. The number of para-hydroxylation sites is 1. The molecule has 9 aromatic carbocycles. The number of fused-ring (bicyclic) bond motifs is 3. The molecule has 0 radical (unpaired) electrons. The van der Waals surface area contributed by atoms with Crippen LogP contribution >= 0.6 is 0 Å². The van der Waals surface area contributed by atoms with E-state index in [1.165, 1.54) is 11.1 Å². The molecular weight excluding hydrogens is 757 g/mol. The van der Waals surface area contributed by atoms with Gasteiger partial charge in [-0.15, -0.1) is 0 Å². The molecule has 5 heteroatoms. The van der Waals surface area contributed by atoms with Crippen LogP contribution in [0.3, 0.4) is 0 Å². The molecule has 0 atom stereocenters. The van der Waals surface area contributed by atoms with Gasteiger partial charge in [-0.3, -0.25) is 0 Å². The summed E-state index contributed by atoms with van der Waals surface area (Å²) in [6, 6.07) is 80.0. The lowest BCUT2D eigenvalue weighted by atomic mass is 9.98. The minimum Gasteiger partial charge on any atom is -0.455 e. The second-order valence-electron chi connectivity index (χ2n) is 15.2. The summed E-state index contributed by atoms with van der Waals surface area (Å²) in [4.78, 5) is 17.2. The fraction of sp³-hybridized carbons (Fsp3) is 0. The van der Waals surface area contributed by atoms with E-state index in [4.69, 9.17) is 19.4 Å².